The number of aryl methyl sites for hydroxylation is 1. The Kier molecular flexibility index (Phi) is 5.33. The van der Waals surface area contributed by atoms with Gasteiger partial charge in [-0.1, -0.05) is 78.4 Å². The molecule has 0 amide bonds. The summed E-state index contributed by atoms with van der Waals surface area (Å²) in [6.07, 6.45) is 1.66. The van der Waals surface area contributed by atoms with Gasteiger partial charge >= 0.3 is 0 Å². The van der Waals surface area contributed by atoms with Crippen molar-refractivity contribution < 1.29 is 4.42 Å². The molecular formula is C35H24N2O. The predicted octanol–water partition coefficient (Wildman–Crippen LogP) is 9.35. The molecule has 2 aromatic heterocycles. The van der Waals surface area contributed by atoms with Gasteiger partial charge in [-0.15, -0.1) is 0 Å². The van der Waals surface area contributed by atoms with E-state index in [0.29, 0.717) is 0 Å². The van der Waals surface area contributed by atoms with Crippen molar-refractivity contribution in [1.82, 2.24) is 9.97 Å². The van der Waals surface area contributed by atoms with E-state index in [-0.39, 0.29) is 0 Å². The first-order chi connectivity index (χ1) is 18.7. The molecule has 3 heteroatoms. The topological polar surface area (TPSA) is 38.9 Å². The fourth-order valence-electron chi connectivity index (χ4n) is 5.04. The Balaban J connectivity index is 1.36. The number of hydrogen-bond acceptors (Lipinski definition) is 3. The van der Waals surface area contributed by atoms with Crippen LogP contribution in [0.1, 0.15) is 5.56 Å². The lowest BCUT2D eigenvalue weighted by atomic mass is 9.94. The van der Waals surface area contributed by atoms with E-state index < -0.39 is 0 Å². The highest BCUT2D eigenvalue weighted by Gasteiger charge is 2.12. The van der Waals surface area contributed by atoms with Gasteiger partial charge in [-0.25, -0.2) is 9.97 Å². The van der Waals surface area contributed by atoms with Gasteiger partial charge < -0.3 is 4.42 Å². The van der Waals surface area contributed by atoms with Crippen molar-refractivity contribution in [3.63, 3.8) is 0 Å². The molecule has 0 N–H and O–H groups in total. The van der Waals surface area contributed by atoms with Gasteiger partial charge in [-0.3, -0.25) is 0 Å². The first-order valence-corrected chi connectivity index (χ1v) is 12.7. The third kappa shape index (κ3) is 4.04. The highest BCUT2D eigenvalue weighted by atomic mass is 16.3. The van der Waals surface area contributed by atoms with Gasteiger partial charge in [0.25, 0.3) is 0 Å². The summed E-state index contributed by atoms with van der Waals surface area (Å²) < 4.78 is 6.02. The predicted molar refractivity (Wildman–Crippen MR) is 156 cm³/mol. The van der Waals surface area contributed by atoms with Gasteiger partial charge in [0.05, 0.1) is 11.4 Å². The zero-order valence-electron chi connectivity index (χ0n) is 20.9. The molecule has 0 atom stereocenters. The molecule has 7 rings (SSSR count). The van der Waals surface area contributed by atoms with Crippen molar-refractivity contribution in [2.75, 3.05) is 0 Å². The van der Waals surface area contributed by atoms with Gasteiger partial charge in [0, 0.05) is 21.9 Å². The summed E-state index contributed by atoms with van der Waals surface area (Å²) in [5, 5.41) is 2.20. The van der Waals surface area contributed by atoms with Crippen LogP contribution in [0.15, 0.2) is 132 Å². The molecule has 0 radical (unpaired) electrons. The van der Waals surface area contributed by atoms with E-state index in [4.69, 9.17) is 9.40 Å². The maximum absolute atomic E-state index is 6.02. The lowest BCUT2D eigenvalue weighted by molar-refractivity contribution is 0.669. The van der Waals surface area contributed by atoms with Gasteiger partial charge in [-0.2, -0.15) is 0 Å². The summed E-state index contributed by atoms with van der Waals surface area (Å²) in [7, 11) is 0. The molecule has 0 saturated heterocycles. The second-order valence-corrected chi connectivity index (χ2v) is 9.63. The molecule has 0 fully saturated rings. The summed E-state index contributed by atoms with van der Waals surface area (Å²) in [5.74, 6) is 0. The van der Waals surface area contributed by atoms with E-state index in [1.807, 2.05) is 30.3 Å². The summed E-state index contributed by atoms with van der Waals surface area (Å²) in [6.45, 7) is 2.11. The highest BCUT2D eigenvalue weighted by molar-refractivity contribution is 6.06. The standard InChI is InChI=1S/C35H24N2O/c1-23-11-13-25(14-12-23)28-17-27(24-7-3-2-4-8-24)18-29(19-28)33-21-32(36-22-37-33)26-15-16-35-31(20-26)30-9-5-6-10-34(30)38-35/h2-22H,1H3. The van der Waals surface area contributed by atoms with Crippen LogP contribution in [0.5, 0.6) is 0 Å². The lowest BCUT2D eigenvalue weighted by Gasteiger charge is -2.12. The van der Waals surface area contributed by atoms with Crippen molar-refractivity contribution in [2.24, 2.45) is 0 Å². The quantitative estimate of drug-likeness (QED) is 0.248. The number of hydrogen-bond donors (Lipinski definition) is 0. The molecule has 0 aliphatic carbocycles. The molecule has 0 aliphatic rings. The Hall–Kier alpha value is -5.02. The minimum absolute atomic E-state index is 0.877. The lowest BCUT2D eigenvalue weighted by Crippen LogP contribution is -1.91. The summed E-state index contributed by atoms with van der Waals surface area (Å²) in [6, 6.07) is 42.3. The maximum atomic E-state index is 6.02. The van der Waals surface area contributed by atoms with Crippen LogP contribution >= 0.6 is 0 Å². The Morgan fingerprint density at radius 2 is 1.05 bits per heavy atom. The molecule has 0 spiro atoms. The molecule has 0 aliphatic heterocycles. The third-order valence-electron chi connectivity index (χ3n) is 7.06. The summed E-state index contributed by atoms with van der Waals surface area (Å²) >= 11 is 0. The zero-order chi connectivity index (χ0) is 25.5. The normalized spacial score (nSPS) is 11.3. The maximum Gasteiger partial charge on any atom is 0.135 e. The average Bonchev–Trinajstić information content (AvgIpc) is 3.36. The summed E-state index contributed by atoms with van der Waals surface area (Å²) in [4.78, 5) is 9.33. The van der Waals surface area contributed by atoms with E-state index in [1.54, 1.807) is 6.33 Å². The summed E-state index contributed by atoms with van der Waals surface area (Å²) in [5.41, 5.74) is 11.5. The molecule has 5 aromatic carbocycles. The molecule has 38 heavy (non-hydrogen) atoms. The SMILES string of the molecule is Cc1ccc(-c2cc(-c3ccccc3)cc(-c3cc(-c4ccc5oc6ccccc6c5c4)ncn3)c2)cc1. The Labute approximate surface area is 221 Å². The average molecular weight is 489 g/mol. The van der Waals surface area contributed by atoms with Crippen molar-refractivity contribution in [3.8, 4) is 44.8 Å². The second-order valence-electron chi connectivity index (χ2n) is 9.63. The molecule has 2 heterocycles. The monoisotopic (exact) mass is 488 g/mol. The molecule has 0 unspecified atom stereocenters. The third-order valence-corrected chi connectivity index (χ3v) is 7.06. The van der Waals surface area contributed by atoms with Crippen molar-refractivity contribution in [1.29, 1.82) is 0 Å². The fraction of sp³-hybridized carbons (Fsp3) is 0.0286. The Bertz CT molecular complexity index is 1920. The minimum atomic E-state index is 0.877. The smallest absolute Gasteiger partial charge is 0.135 e. The first kappa shape index (κ1) is 22.2. The van der Waals surface area contributed by atoms with Crippen LogP contribution in [0, 0.1) is 6.92 Å². The minimum Gasteiger partial charge on any atom is -0.456 e. The number of aromatic nitrogens is 2. The van der Waals surface area contributed by atoms with Gasteiger partial charge in [0.15, 0.2) is 0 Å². The van der Waals surface area contributed by atoms with Crippen molar-refractivity contribution >= 4 is 21.9 Å². The van der Waals surface area contributed by atoms with Crippen molar-refractivity contribution in [2.45, 2.75) is 6.92 Å². The fourth-order valence-corrected chi connectivity index (χ4v) is 5.04. The Morgan fingerprint density at radius 1 is 0.447 bits per heavy atom. The van der Waals surface area contributed by atoms with Crippen LogP contribution < -0.4 is 0 Å². The van der Waals surface area contributed by atoms with E-state index in [1.165, 1.54) is 16.7 Å². The molecule has 3 nitrogen and oxygen atoms in total. The zero-order valence-corrected chi connectivity index (χ0v) is 20.9. The highest BCUT2D eigenvalue weighted by Crippen LogP contribution is 2.35. The van der Waals surface area contributed by atoms with E-state index in [9.17, 15) is 0 Å². The van der Waals surface area contributed by atoms with Crippen LogP contribution in [-0.2, 0) is 0 Å². The Morgan fingerprint density at radius 3 is 1.84 bits per heavy atom. The number of benzene rings is 5. The number of para-hydroxylation sites is 1. The van der Waals surface area contributed by atoms with Gasteiger partial charge in [0.1, 0.15) is 17.5 Å². The number of fused-ring (bicyclic) bond motifs is 3. The van der Waals surface area contributed by atoms with Crippen LogP contribution in [0.2, 0.25) is 0 Å². The molecular weight excluding hydrogens is 464 g/mol. The van der Waals surface area contributed by atoms with Gasteiger partial charge in [0.2, 0.25) is 0 Å². The van der Waals surface area contributed by atoms with E-state index in [2.05, 4.69) is 103 Å². The number of nitrogens with zero attached hydrogens (tertiary/aromatic N) is 2. The van der Waals surface area contributed by atoms with Crippen LogP contribution in [0.25, 0.3) is 66.7 Å². The van der Waals surface area contributed by atoms with E-state index >= 15 is 0 Å². The number of rotatable bonds is 4. The first-order valence-electron chi connectivity index (χ1n) is 12.7. The largest absolute Gasteiger partial charge is 0.456 e. The number of furan rings is 1. The van der Waals surface area contributed by atoms with Crippen molar-refractivity contribution in [3.05, 3.63) is 133 Å². The van der Waals surface area contributed by atoms with Crippen LogP contribution in [-0.4, -0.2) is 9.97 Å². The van der Waals surface area contributed by atoms with Gasteiger partial charge in [-0.05, 0) is 77.7 Å². The molecule has 7 aromatic rings. The molecule has 0 saturated carbocycles. The van der Waals surface area contributed by atoms with E-state index in [0.717, 1.165) is 55.6 Å². The second kappa shape index (κ2) is 9.13. The molecule has 180 valence electrons. The molecule has 0 bridgehead atoms. The van der Waals surface area contributed by atoms with Crippen LogP contribution in [0.4, 0.5) is 0 Å². The van der Waals surface area contributed by atoms with Crippen LogP contribution in [0.3, 0.4) is 0 Å².